The molecule has 0 aliphatic heterocycles. The molecule has 1 aromatic heterocycles. The van der Waals surface area contributed by atoms with Crippen molar-refractivity contribution in [3.63, 3.8) is 0 Å². The van der Waals surface area contributed by atoms with Crippen LogP contribution in [-0.2, 0) is 0 Å². The van der Waals surface area contributed by atoms with Crippen molar-refractivity contribution < 1.29 is 18.7 Å². The number of aliphatic hydroxyl groups excluding tert-OH is 1. The zero-order valence-electron chi connectivity index (χ0n) is 11.8. The monoisotopic (exact) mass is 292 g/mol. The summed E-state index contributed by atoms with van der Waals surface area (Å²) >= 11 is 0. The molecular weight excluding hydrogens is 275 g/mol. The van der Waals surface area contributed by atoms with Crippen LogP contribution in [0.4, 0.5) is 14.9 Å². The van der Waals surface area contributed by atoms with E-state index in [0.717, 1.165) is 5.56 Å². The first kappa shape index (κ1) is 15.1. The first-order valence-electron chi connectivity index (χ1n) is 6.50. The molecule has 0 saturated heterocycles. The average molecular weight is 292 g/mol. The highest BCUT2D eigenvalue weighted by Gasteiger charge is 2.14. The van der Waals surface area contributed by atoms with Gasteiger partial charge in [0.1, 0.15) is 17.7 Å². The highest BCUT2D eigenvalue weighted by molar-refractivity contribution is 5.90. The highest BCUT2D eigenvalue weighted by atomic mass is 19.1. The molecule has 1 aromatic carbocycles. The lowest BCUT2D eigenvalue weighted by molar-refractivity contribution is 0.149. The average Bonchev–Trinajstić information content (AvgIpc) is 2.94. The van der Waals surface area contributed by atoms with Crippen molar-refractivity contribution in [2.75, 3.05) is 11.9 Å². The smallest absolute Gasteiger partial charge is 0.319 e. The van der Waals surface area contributed by atoms with Gasteiger partial charge < -0.3 is 20.2 Å². The highest BCUT2D eigenvalue weighted by Crippen LogP contribution is 2.21. The van der Waals surface area contributed by atoms with Crippen LogP contribution in [0.15, 0.2) is 34.9 Å². The number of hydrogen-bond donors (Lipinski definition) is 3. The minimum Gasteiger partial charge on any atom is -0.467 e. The summed E-state index contributed by atoms with van der Waals surface area (Å²) in [6.45, 7) is 3.45. The lowest BCUT2D eigenvalue weighted by Crippen LogP contribution is -2.32. The number of nitrogens with one attached hydrogen (secondary N) is 2. The van der Waals surface area contributed by atoms with Crippen molar-refractivity contribution in [2.45, 2.75) is 20.0 Å². The molecule has 21 heavy (non-hydrogen) atoms. The molecule has 0 aliphatic carbocycles. The summed E-state index contributed by atoms with van der Waals surface area (Å²) in [6, 6.07) is 5.78. The van der Waals surface area contributed by atoms with Gasteiger partial charge >= 0.3 is 6.03 Å². The van der Waals surface area contributed by atoms with Crippen LogP contribution in [0.2, 0.25) is 0 Å². The number of carbonyl (C=O) groups is 1. The predicted molar refractivity (Wildman–Crippen MR) is 76.6 cm³/mol. The third-order valence-electron chi connectivity index (χ3n) is 3.00. The fourth-order valence-corrected chi connectivity index (χ4v) is 2.00. The second-order valence-corrected chi connectivity index (χ2v) is 4.80. The van der Waals surface area contributed by atoms with Gasteiger partial charge in [-0.1, -0.05) is 6.07 Å². The molecule has 1 heterocycles. The van der Waals surface area contributed by atoms with Crippen LogP contribution in [0.5, 0.6) is 0 Å². The predicted octanol–water partition coefficient (Wildman–Crippen LogP) is 2.89. The number of aliphatic hydroxyl groups is 1. The largest absolute Gasteiger partial charge is 0.467 e. The van der Waals surface area contributed by atoms with E-state index in [4.69, 9.17) is 4.42 Å². The number of hydrogen-bond acceptors (Lipinski definition) is 3. The summed E-state index contributed by atoms with van der Waals surface area (Å²) in [6.07, 6.45) is 0.485. The molecule has 2 rings (SSSR count). The van der Waals surface area contributed by atoms with Gasteiger partial charge in [0.25, 0.3) is 0 Å². The van der Waals surface area contributed by atoms with E-state index in [2.05, 4.69) is 10.6 Å². The zero-order valence-corrected chi connectivity index (χ0v) is 11.8. The molecule has 0 spiro atoms. The summed E-state index contributed by atoms with van der Waals surface area (Å²) in [4.78, 5) is 11.7. The van der Waals surface area contributed by atoms with Crippen LogP contribution in [0.1, 0.15) is 23.0 Å². The molecule has 3 N–H and O–H groups in total. The topological polar surface area (TPSA) is 74.5 Å². The SMILES string of the molecule is Cc1cc(C)c(NC(=O)NCC(O)c2ccco2)c(F)c1. The lowest BCUT2D eigenvalue weighted by atomic mass is 10.1. The van der Waals surface area contributed by atoms with E-state index in [0.29, 0.717) is 11.3 Å². The first-order valence-corrected chi connectivity index (χ1v) is 6.50. The molecular formula is C15H17FN2O3. The van der Waals surface area contributed by atoms with E-state index in [9.17, 15) is 14.3 Å². The van der Waals surface area contributed by atoms with E-state index in [1.54, 1.807) is 32.0 Å². The maximum atomic E-state index is 13.8. The maximum absolute atomic E-state index is 13.8. The van der Waals surface area contributed by atoms with Gasteiger partial charge in [0.05, 0.1) is 18.5 Å². The number of urea groups is 1. The Labute approximate surface area is 121 Å². The summed E-state index contributed by atoms with van der Waals surface area (Å²) in [5, 5.41) is 14.7. The Bertz CT molecular complexity index is 603. The number of furan rings is 1. The van der Waals surface area contributed by atoms with E-state index in [1.807, 2.05) is 0 Å². The van der Waals surface area contributed by atoms with Crippen LogP contribution in [0, 0.1) is 19.7 Å². The second kappa shape index (κ2) is 6.41. The molecule has 1 unspecified atom stereocenters. The van der Waals surface area contributed by atoms with Gasteiger partial charge in [-0.2, -0.15) is 0 Å². The van der Waals surface area contributed by atoms with Crippen molar-refractivity contribution in [2.24, 2.45) is 0 Å². The number of amides is 2. The minimum absolute atomic E-state index is 0.0358. The molecule has 0 radical (unpaired) electrons. The van der Waals surface area contributed by atoms with Crippen molar-refractivity contribution in [3.8, 4) is 0 Å². The molecule has 0 fully saturated rings. The Balaban J connectivity index is 1.93. The summed E-state index contributed by atoms with van der Waals surface area (Å²) < 4.78 is 18.8. The Morgan fingerprint density at radius 3 is 2.81 bits per heavy atom. The Morgan fingerprint density at radius 2 is 2.19 bits per heavy atom. The minimum atomic E-state index is -0.949. The van der Waals surface area contributed by atoms with Crippen LogP contribution < -0.4 is 10.6 Å². The van der Waals surface area contributed by atoms with Gasteiger partial charge in [-0.3, -0.25) is 0 Å². The normalized spacial score (nSPS) is 12.0. The van der Waals surface area contributed by atoms with Gasteiger partial charge in [0, 0.05) is 0 Å². The van der Waals surface area contributed by atoms with Crippen molar-refractivity contribution in [1.29, 1.82) is 0 Å². The first-order chi connectivity index (χ1) is 9.97. The van der Waals surface area contributed by atoms with Crippen molar-refractivity contribution in [3.05, 3.63) is 53.2 Å². The van der Waals surface area contributed by atoms with E-state index in [-0.39, 0.29) is 12.2 Å². The quantitative estimate of drug-likeness (QED) is 0.811. The Kier molecular flexibility index (Phi) is 4.59. The van der Waals surface area contributed by atoms with Crippen LogP contribution in [-0.4, -0.2) is 17.7 Å². The molecule has 0 saturated carbocycles. The summed E-state index contributed by atoms with van der Waals surface area (Å²) in [5.41, 5.74) is 1.55. The summed E-state index contributed by atoms with van der Waals surface area (Å²) in [7, 11) is 0. The number of benzene rings is 1. The molecule has 5 nitrogen and oxygen atoms in total. The van der Waals surface area contributed by atoms with Gasteiger partial charge in [0.15, 0.2) is 0 Å². The summed E-state index contributed by atoms with van der Waals surface area (Å²) in [5.74, 6) is -0.137. The maximum Gasteiger partial charge on any atom is 0.319 e. The molecule has 0 aliphatic rings. The molecule has 1 atom stereocenters. The zero-order chi connectivity index (χ0) is 15.4. The van der Waals surface area contributed by atoms with Crippen molar-refractivity contribution in [1.82, 2.24) is 5.32 Å². The third kappa shape index (κ3) is 3.82. The van der Waals surface area contributed by atoms with E-state index < -0.39 is 18.0 Å². The fraction of sp³-hybridized carbons (Fsp3) is 0.267. The van der Waals surface area contributed by atoms with Gasteiger partial charge in [-0.25, -0.2) is 9.18 Å². The number of halogens is 1. The standard InChI is InChI=1S/C15H17FN2O3/c1-9-6-10(2)14(11(16)7-9)18-15(20)17-8-12(19)13-4-3-5-21-13/h3-7,12,19H,8H2,1-2H3,(H2,17,18,20). The van der Waals surface area contributed by atoms with Crippen LogP contribution in [0.25, 0.3) is 0 Å². The molecule has 2 amide bonds. The number of carbonyl (C=O) groups excluding carboxylic acids is 1. The van der Waals surface area contributed by atoms with Gasteiger partial charge in [0.2, 0.25) is 0 Å². The molecule has 2 aromatic rings. The molecule has 6 heteroatoms. The third-order valence-corrected chi connectivity index (χ3v) is 3.00. The van der Waals surface area contributed by atoms with Crippen LogP contribution in [0.3, 0.4) is 0 Å². The fourth-order valence-electron chi connectivity index (χ4n) is 2.00. The number of aryl methyl sites for hydroxylation is 2. The number of anilines is 1. The molecule has 0 bridgehead atoms. The molecule has 112 valence electrons. The van der Waals surface area contributed by atoms with Gasteiger partial charge in [-0.15, -0.1) is 0 Å². The van der Waals surface area contributed by atoms with E-state index >= 15 is 0 Å². The van der Waals surface area contributed by atoms with Crippen LogP contribution >= 0.6 is 0 Å². The Morgan fingerprint density at radius 1 is 1.43 bits per heavy atom. The second-order valence-electron chi connectivity index (χ2n) is 4.80. The number of rotatable bonds is 4. The van der Waals surface area contributed by atoms with Crippen molar-refractivity contribution >= 4 is 11.7 Å². The lowest BCUT2D eigenvalue weighted by Gasteiger charge is -2.13. The van der Waals surface area contributed by atoms with Gasteiger partial charge in [-0.05, 0) is 43.2 Å². The van der Waals surface area contributed by atoms with E-state index in [1.165, 1.54) is 12.3 Å². The Hall–Kier alpha value is -2.34.